The van der Waals surface area contributed by atoms with Crippen molar-refractivity contribution in [2.45, 2.75) is 50.8 Å². The van der Waals surface area contributed by atoms with Crippen LogP contribution in [0.5, 0.6) is 0 Å². The minimum atomic E-state index is -1.60. The Morgan fingerprint density at radius 2 is 1.81 bits per heavy atom. The lowest BCUT2D eigenvalue weighted by molar-refractivity contribution is -0.236. The average molecular weight is 234 g/mol. The molecular weight excluding hydrogens is 216 g/mol. The third-order valence-corrected chi connectivity index (χ3v) is 3.10. The van der Waals surface area contributed by atoms with Crippen molar-refractivity contribution in [2.75, 3.05) is 0 Å². The van der Waals surface area contributed by atoms with Gasteiger partial charge in [-0.05, 0) is 5.92 Å². The molecule has 6 unspecified atom stereocenters. The van der Waals surface area contributed by atoms with Gasteiger partial charge < -0.3 is 25.2 Å². The Morgan fingerprint density at radius 1 is 1.25 bits per heavy atom. The summed E-state index contributed by atoms with van der Waals surface area (Å²) >= 11 is 0. The van der Waals surface area contributed by atoms with E-state index >= 15 is 0 Å². The summed E-state index contributed by atoms with van der Waals surface area (Å²) in [6, 6.07) is 0. The van der Waals surface area contributed by atoms with Crippen LogP contribution in [0.3, 0.4) is 0 Å². The molecule has 0 aromatic heterocycles. The largest absolute Gasteiger partial charge is 0.479 e. The van der Waals surface area contributed by atoms with Crippen LogP contribution >= 0.6 is 0 Å². The number of ether oxygens (including phenoxy) is 1. The highest BCUT2D eigenvalue weighted by atomic mass is 16.6. The molecule has 0 saturated carbocycles. The van der Waals surface area contributed by atoms with Crippen LogP contribution in [0.15, 0.2) is 0 Å². The summed E-state index contributed by atoms with van der Waals surface area (Å²) in [4.78, 5) is 10.8. The molecule has 6 atom stereocenters. The van der Waals surface area contributed by atoms with Gasteiger partial charge in [0.2, 0.25) is 0 Å². The summed E-state index contributed by atoms with van der Waals surface area (Å²) in [5.41, 5.74) is 0. The fourth-order valence-corrected chi connectivity index (χ4v) is 1.81. The van der Waals surface area contributed by atoms with Crippen molar-refractivity contribution in [3.63, 3.8) is 0 Å². The lowest BCUT2D eigenvalue weighted by Crippen LogP contribution is -2.61. The van der Waals surface area contributed by atoms with Gasteiger partial charge in [0, 0.05) is 0 Å². The highest BCUT2D eigenvalue weighted by molar-refractivity contribution is 5.73. The molecule has 1 saturated heterocycles. The first kappa shape index (κ1) is 13.4. The lowest BCUT2D eigenvalue weighted by Gasteiger charge is -2.41. The number of hydrogen-bond acceptors (Lipinski definition) is 5. The highest BCUT2D eigenvalue weighted by Gasteiger charge is 2.47. The van der Waals surface area contributed by atoms with E-state index in [1.807, 2.05) is 6.92 Å². The molecule has 0 aromatic carbocycles. The zero-order chi connectivity index (χ0) is 12.5. The Hall–Kier alpha value is -0.690. The standard InChI is InChI=1S/C10H18O6/c1-3-4(2)8-6(12)5(11)7(13)9(16-8)10(14)15/h4-9,11-13H,3H2,1-2H3,(H,14,15). The van der Waals surface area contributed by atoms with Crippen LogP contribution in [-0.2, 0) is 9.53 Å². The van der Waals surface area contributed by atoms with E-state index in [0.717, 1.165) is 0 Å². The van der Waals surface area contributed by atoms with E-state index in [9.17, 15) is 20.1 Å². The van der Waals surface area contributed by atoms with E-state index in [4.69, 9.17) is 9.84 Å². The number of rotatable bonds is 3. The molecule has 0 bridgehead atoms. The SMILES string of the molecule is CCC(C)C1OC(C(=O)O)C(O)C(O)C1O. The van der Waals surface area contributed by atoms with Gasteiger partial charge in [-0.3, -0.25) is 0 Å². The molecule has 6 nitrogen and oxygen atoms in total. The predicted molar refractivity (Wildman–Crippen MR) is 53.8 cm³/mol. The first-order chi connectivity index (χ1) is 7.40. The minimum Gasteiger partial charge on any atom is -0.479 e. The van der Waals surface area contributed by atoms with E-state index < -0.39 is 36.5 Å². The van der Waals surface area contributed by atoms with E-state index in [2.05, 4.69) is 0 Å². The zero-order valence-corrected chi connectivity index (χ0v) is 9.28. The Kier molecular flexibility index (Phi) is 4.26. The molecule has 0 aliphatic carbocycles. The minimum absolute atomic E-state index is 0.0981. The van der Waals surface area contributed by atoms with Crippen molar-refractivity contribution < 1.29 is 30.0 Å². The second kappa shape index (κ2) is 5.09. The predicted octanol–water partition coefficient (Wildman–Crippen LogP) is -1.03. The lowest BCUT2D eigenvalue weighted by atomic mass is 9.87. The molecule has 16 heavy (non-hydrogen) atoms. The van der Waals surface area contributed by atoms with Gasteiger partial charge >= 0.3 is 5.97 Å². The van der Waals surface area contributed by atoms with Crippen molar-refractivity contribution in [1.82, 2.24) is 0 Å². The van der Waals surface area contributed by atoms with Crippen molar-refractivity contribution in [3.05, 3.63) is 0 Å². The van der Waals surface area contributed by atoms with E-state index in [0.29, 0.717) is 6.42 Å². The monoisotopic (exact) mass is 234 g/mol. The van der Waals surface area contributed by atoms with Crippen LogP contribution in [0.4, 0.5) is 0 Å². The maximum atomic E-state index is 10.8. The fraction of sp³-hybridized carbons (Fsp3) is 0.900. The summed E-state index contributed by atoms with van der Waals surface area (Å²) in [6.45, 7) is 3.66. The molecule has 0 amide bonds. The van der Waals surface area contributed by atoms with Gasteiger partial charge in [0.05, 0.1) is 6.10 Å². The third kappa shape index (κ3) is 2.35. The summed E-state index contributed by atoms with van der Waals surface area (Å²) in [5, 5.41) is 37.5. The summed E-state index contributed by atoms with van der Waals surface area (Å²) in [5.74, 6) is -1.44. The van der Waals surface area contributed by atoms with Gasteiger partial charge in [-0.2, -0.15) is 0 Å². The Labute approximate surface area is 93.5 Å². The zero-order valence-electron chi connectivity index (χ0n) is 9.28. The fourth-order valence-electron chi connectivity index (χ4n) is 1.81. The number of aliphatic hydroxyl groups excluding tert-OH is 3. The second-order valence-electron chi connectivity index (χ2n) is 4.22. The molecule has 1 rings (SSSR count). The molecule has 1 heterocycles. The van der Waals surface area contributed by atoms with Crippen molar-refractivity contribution in [1.29, 1.82) is 0 Å². The molecule has 1 aliphatic rings. The maximum absolute atomic E-state index is 10.8. The summed E-state index contributed by atoms with van der Waals surface area (Å²) in [7, 11) is 0. The number of aliphatic carboxylic acids is 1. The molecular formula is C10H18O6. The van der Waals surface area contributed by atoms with Crippen LogP contribution in [0.25, 0.3) is 0 Å². The van der Waals surface area contributed by atoms with Crippen LogP contribution in [0, 0.1) is 5.92 Å². The molecule has 1 fully saturated rings. The van der Waals surface area contributed by atoms with Gasteiger partial charge in [0.15, 0.2) is 6.10 Å². The van der Waals surface area contributed by atoms with Gasteiger partial charge in [-0.1, -0.05) is 20.3 Å². The quantitative estimate of drug-likeness (QED) is 0.497. The van der Waals surface area contributed by atoms with E-state index in [1.165, 1.54) is 0 Å². The van der Waals surface area contributed by atoms with Crippen molar-refractivity contribution in [2.24, 2.45) is 5.92 Å². The van der Waals surface area contributed by atoms with Crippen LogP contribution in [0.1, 0.15) is 20.3 Å². The molecule has 0 aromatic rings. The third-order valence-electron chi connectivity index (χ3n) is 3.10. The first-order valence-corrected chi connectivity index (χ1v) is 5.32. The smallest absolute Gasteiger partial charge is 0.335 e. The van der Waals surface area contributed by atoms with Gasteiger partial charge in [-0.25, -0.2) is 4.79 Å². The Balaban J connectivity index is 2.85. The van der Waals surface area contributed by atoms with Gasteiger partial charge in [0.25, 0.3) is 0 Å². The molecule has 0 radical (unpaired) electrons. The van der Waals surface area contributed by atoms with Crippen LogP contribution < -0.4 is 0 Å². The highest BCUT2D eigenvalue weighted by Crippen LogP contribution is 2.27. The van der Waals surface area contributed by atoms with Crippen LogP contribution in [0.2, 0.25) is 0 Å². The topological polar surface area (TPSA) is 107 Å². The Bertz CT molecular complexity index is 256. The summed E-state index contributed by atoms with van der Waals surface area (Å²) in [6.07, 6.45) is -5.94. The number of aliphatic hydroxyl groups is 3. The van der Waals surface area contributed by atoms with E-state index in [1.54, 1.807) is 6.92 Å². The average Bonchev–Trinajstić information content (AvgIpc) is 2.25. The summed E-state index contributed by atoms with van der Waals surface area (Å²) < 4.78 is 5.14. The maximum Gasteiger partial charge on any atom is 0.335 e. The second-order valence-corrected chi connectivity index (χ2v) is 4.22. The normalized spacial score (nSPS) is 41.7. The van der Waals surface area contributed by atoms with E-state index in [-0.39, 0.29) is 5.92 Å². The van der Waals surface area contributed by atoms with Gasteiger partial charge in [0.1, 0.15) is 18.3 Å². The van der Waals surface area contributed by atoms with Crippen molar-refractivity contribution in [3.8, 4) is 0 Å². The first-order valence-electron chi connectivity index (χ1n) is 5.32. The number of carboxylic acid groups (broad SMARTS) is 1. The number of carbonyl (C=O) groups is 1. The number of hydrogen-bond donors (Lipinski definition) is 4. The molecule has 1 aliphatic heterocycles. The Morgan fingerprint density at radius 3 is 2.25 bits per heavy atom. The van der Waals surface area contributed by atoms with Crippen molar-refractivity contribution >= 4 is 5.97 Å². The molecule has 6 heteroatoms. The number of carboxylic acids is 1. The molecule has 4 N–H and O–H groups in total. The van der Waals surface area contributed by atoms with Crippen LogP contribution in [-0.4, -0.2) is 56.9 Å². The molecule has 0 spiro atoms. The molecule has 94 valence electrons. The van der Waals surface area contributed by atoms with Gasteiger partial charge in [-0.15, -0.1) is 0 Å².